The fourth-order valence-electron chi connectivity index (χ4n) is 4.17. The predicted octanol–water partition coefficient (Wildman–Crippen LogP) is 3.90. The molecule has 1 aromatic carbocycles. The van der Waals surface area contributed by atoms with Crippen LogP contribution < -0.4 is 21.3 Å². The summed E-state index contributed by atoms with van der Waals surface area (Å²) in [6.07, 6.45) is 5.99. The second kappa shape index (κ2) is 12.0. The van der Waals surface area contributed by atoms with Crippen LogP contribution in [-0.2, 0) is 9.59 Å². The van der Waals surface area contributed by atoms with Gasteiger partial charge in [-0.2, -0.15) is 4.98 Å². The van der Waals surface area contributed by atoms with Gasteiger partial charge in [-0.25, -0.2) is 9.78 Å². The number of anilines is 4. The van der Waals surface area contributed by atoms with Gasteiger partial charge in [-0.15, -0.1) is 0 Å². The maximum absolute atomic E-state index is 12.4. The molecule has 1 saturated carbocycles. The summed E-state index contributed by atoms with van der Waals surface area (Å²) in [5.41, 5.74) is 1.46. The van der Waals surface area contributed by atoms with Crippen molar-refractivity contribution < 1.29 is 14.4 Å². The van der Waals surface area contributed by atoms with E-state index in [1.54, 1.807) is 6.20 Å². The van der Waals surface area contributed by atoms with E-state index in [4.69, 9.17) is 0 Å². The highest BCUT2D eigenvalue weighted by atomic mass is 79.9. The molecule has 1 aliphatic carbocycles. The molecule has 4 rings (SSSR count). The first-order chi connectivity index (χ1) is 17.0. The van der Waals surface area contributed by atoms with Crippen LogP contribution in [0, 0.1) is 5.92 Å². The van der Waals surface area contributed by atoms with Gasteiger partial charge in [0.1, 0.15) is 11.6 Å². The quantitative estimate of drug-likeness (QED) is 0.353. The number of likely N-dealkylation sites (tertiary alicyclic amines) is 1. The average molecular weight is 544 g/mol. The Kier molecular flexibility index (Phi) is 8.51. The average Bonchev–Trinajstić information content (AvgIpc) is 3.53. The number of urea groups is 1. The van der Waals surface area contributed by atoms with E-state index in [-0.39, 0.29) is 23.6 Å². The van der Waals surface area contributed by atoms with Gasteiger partial charge in [0, 0.05) is 62.5 Å². The molecule has 0 spiro atoms. The van der Waals surface area contributed by atoms with E-state index in [9.17, 15) is 14.4 Å². The molecular formula is C24H30BrN7O3. The molecule has 186 valence electrons. The standard InChI is InChI=1S/C24H30BrN7O3/c25-20-15-28-23(29-17-5-3-6-18(14-17)30-24(35)32-11-1-2-12-32)31-21(20)26-9-4-10-27-22(34)16-7-8-19(33)13-16/h3,5-6,14-16H,1-2,4,7-13H2,(H,27,34)(H,30,35)(H2,26,28,29,31). The number of carbonyl (C=O) groups excluding carboxylic acids is 3. The molecule has 11 heteroatoms. The Labute approximate surface area is 212 Å². The summed E-state index contributed by atoms with van der Waals surface area (Å²) in [5, 5.41) is 12.3. The largest absolute Gasteiger partial charge is 0.369 e. The Morgan fingerprint density at radius 2 is 1.94 bits per heavy atom. The number of hydrogen-bond acceptors (Lipinski definition) is 7. The van der Waals surface area contributed by atoms with Gasteiger partial charge in [-0.1, -0.05) is 6.07 Å². The van der Waals surface area contributed by atoms with Gasteiger partial charge in [0.15, 0.2) is 0 Å². The van der Waals surface area contributed by atoms with Gasteiger partial charge in [-0.05, 0) is 59.8 Å². The number of aromatic nitrogens is 2. The van der Waals surface area contributed by atoms with E-state index in [1.807, 2.05) is 29.2 Å². The summed E-state index contributed by atoms with van der Waals surface area (Å²) in [7, 11) is 0. The molecule has 2 fully saturated rings. The summed E-state index contributed by atoms with van der Waals surface area (Å²) >= 11 is 3.46. The zero-order chi connectivity index (χ0) is 24.6. The number of rotatable bonds is 9. The number of hydrogen-bond donors (Lipinski definition) is 4. The van der Waals surface area contributed by atoms with Crippen LogP contribution in [-0.4, -0.2) is 58.8 Å². The van der Waals surface area contributed by atoms with Gasteiger partial charge >= 0.3 is 6.03 Å². The van der Waals surface area contributed by atoms with Crippen molar-refractivity contribution in [2.45, 2.75) is 38.5 Å². The third kappa shape index (κ3) is 7.14. The number of ketones is 1. The second-order valence-corrected chi connectivity index (χ2v) is 9.62. The lowest BCUT2D eigenvalue weighted by Gasteiger charge is -2.16. The van der Waals surface area contributed by atoms with Crippen LogP contribution in [0.5, 0.6) is 0 Å². The number of amides is 3. The topological polar surface area (TPSA) is 128 Å². The predicted molar refractivity (Wildman–Crippen MR) is 138 cm³/mol. The summed E-state index contributed by atoms with van der Waals surface area (Å²) in [4.78, 5) is 46.5. The van der Waals surface area contributed by atoms with Gasteiger partial charge in [-0.3, -0.25) is 9.59 Å². The summed E-state index contributed by atoms with van der Waals surface area (Å²) in [6.45, 7) is 2.72. The van der Waals surface area contributed by atoms with Crippen LogP contribution in [0.2, 0.25) is 0 Å². The minimum atomic E-state index is -0.174. The van der Waals surface area contributed by atoms with Crippen LogP contribution in [0.3, 0.4) is 0 Å². The van der Waals surface area contributed by atoms with Gasteiger partial charge < -0.3 is 26.2 Å². The number of halogens is 1. The molecule has 0 bridgehead atoms. The van der Waals surface area contributed by atoms with Crippen molar-refractivity contribution in [1.29, 1.82) is 0 Å². The lowest BCUT2D eigenvalue weighted by Crippen LogP contribution is -2.32. The van der Waals surface area contributed by atoms with Crippen LogP contribution >= 0.6 is 15.9 Å². The van der Waals surface area contributed by atoms with Crippen LogP contribution in [0.25, 0.3) is 0 Å². The van der Waals surface area contributed by atoms with Crippen molar-refractivity contribution in [2.24, 2.45) is 5.92 Å². The molecule has 10 nitrogen and oxygen atoms in total. The lowest BCUT2D eigenvalue weighted by molar-refractivity contribution is -0.126. The molecule has 1 aromatic heterocycles. The minimum Gasteiger partial charge on any atom is -0.369 e. The van der Waals surface area contributed by atoms with Crippen LogP contribution in [0.4, 0.5) is 27.9 Å². The summed E-state index contributed by atoms with van der Waals surface area (Å²) in [5.74, 6) is 1.01. The number of carbonyl (C=O) groups is 3. The van der Waals surface area contributed by atoms with Crippen molar-refractivity contribution in [3.63, 3.8) is 0 Å². The molecule has 2 aliphatic rings. The molecule has 35 heavy (non-hydrogen) atoms. The Hall–Kier alpha value is -3.21. The van der Waals surface area contributed by atoms with Crippen molar-refractivity contribution >= 4 is 56.8 Å². The fraction of sp³-hybridized carbons (Fsp3) is 0.458. The Balaban J connectivity index is 1.25. The maximum atomic E-state index is 12.4. The molecule has 4 N–H and O–H groups in total. The first-order valence-corrected chi connectivity index (χ1v) is 12.8. The highest BCUT2D eigenvalue weighted by Crippen LogP contribution is 2.24. The molecule has 0 radical (unpaired) electrons. The van der Waals surface area contributed by atoms with E-state index in [2.05, 4.69) is 47.2 Å². The third-order valence-electron chi connectivity index (χ3n) is 6.07. The van der Waals surface area contributed by atoms with E-state index >= 15 is 0 Å². The second-order valence-electron chi connectivity index (χ2n) is 8.77. The number of benzene rings is 1. The van der Waals surface area contributed by atoms with E-state index < -0.39 is 0 Å². The monoisotopic (exact) mass is 543 g/mol. The summed E-state index contributed by atoms with van der Waals surface area (Å²) in [6, 6.07) is 7.34. The molecule has 2 aromatic rings. The highest BCUT2D eigenvalue weighted by Gasteiger charge is 2.27. The molecule has 1 atom stereocenters. The van der Waals surface area contributed by atoms with Gasteiger partial charge in [0.25, 0.3) is 0 Å². The van der Waals surface area contributed by atoms with Crippen molar-refractivity contribution in [3.05, 3.63) is 34.9 Å². The van der Waals surface area contributed by atoms with E-state index in [1.165, 1.54) is 0 Å². The van der Waals surface area contributed by atoms with Crippen molar-refractivity contribution in [2.75, 3.05) is 42.1 Å². The maximum Gasteiger partial charge on any atom is 0.321 e. The zero-order valence-electron chi connectivity index (χ0n) is 19.5. The molecule has 1 aliphatic heterocycles. The normalized spacial score (nSPS) is 17.3. The van der Waals surface area contributed by atoms with Crippen molar-refractivity contribution in [3.8, 4) is 0 Å². The SMILES string of the molecule is O=C1CCC(C(=O)NCCCNc2nc(Nc3cccc(NC(=O)N4CCCC4)c3)ncc2Br)C1. The molecule has 2 heterocycles. The Bertz CT molecular complexity index is 1070. The minimum absolute atomic E-state index is 0.0376. The molecule has 3 amide bonds. The number of nitrogens with zero attached hydrogens (tertiary/aromatic N) is 3. The molecular weight excluding hydrogens is 514 g/mol. The Morgan fingerprint density at radius 1 is 1.14 bits per heavy atom. The van der Waals surface area contributed by atoms with Crippen LogP contribution in [0.15, 0.2) is 34.9 Å². The Morgan fingerprint density at radius 3 is 2.71 bits per heavy atom. The highest BCUT2D eigenvalue weighted by molar-refractivity contribution is 9.10. The molecule has 1 unspecified atom stereocenters. The third-order valence-corrected chi connectivity index (χ3v) is 6.65. The smallest absolute Gasteiger partial charge is 0.321 e. The molecule has 1 saturated heterocycles. The van der Waals surface area contributed by atoms with Crippen LogP contribution in [0.1, 0.15) is 38.5 Å². The van der Waals surface area contributed by atoms with Gasteiger partial charge in [0.2, 0.25) is 11.9 Å². The van der Waals surface area contributed by atoms with E-state index in [0.717, 1.165) is 36.1 Å². The van der Waals surface area contributed by atoms with Crippen molar-refractivity contribution in [1.82, 2.24) is 20.2 Å². The zero-order valence-corrected chi connectivity index (χ0v) is 21.1. The van der Waals surface area contributed by atoms with Gasteiger partial charge in [0.05, 0.1) is 4.47 Å². The summed E-state index contributed by atoms with van der Waals surface area (Å²) < 4.78 is 0.725. The first-order valence-electron chi connectivity index (χ1n) is 12.0. The van der Waals surface area contributed by atoms with E-state index in [0.29, 0.717) is 56.2 Å². The fourth-order valence-corrected chi connectivity index (χ4v) is 4.50. The number of nitrogens with one attached hydrogen (secondary N) is 4. The first kappa shape index (κ1) is 24.9. The lowest BCUT2D eigenvalue weighted by atomic mass is 10.1. The number of Topliss-reactive ketones (excluding diaryl/α,β-unsaturated/α-hetero) is 1.